The molecule has 1 saturated heterocycles. The zero-order valence-corrected chi connectivity index (χ0v) is 15.6. The van der Waals surface area contributed by atoms with E-state index in [1.54, 1.807) is 0 Å². The van der Waals surface area contributed by atoms with Crippen molar-refractivity contribution in [1.82, 2.24) is 9.88 Å². The van der Waals surface area contributed by atoms with E-state index in [-0.39, 0.29) is 17.7 Å². The second-order valence-corrected chi connectivity index (χ2v) is 7.85. The van der Waals surface area contributed by atoms with Crippen molar-refractivity contribution in [2.24, 2.45) is 0 Å². The molecule has 4 nitrogen and oxygen atoms in total. The Morgan fingerprint density at radius 3 is 2.60 bits per heavy atom. The highest BCUT2D eigenvalue weighted by molar-refractivity contribution is 7.13. The van der Waals surface area contributed by atoms with Crippen LogP contribution in [0.2, 0.25) is 0 Å². The van der Waals surface area contributed by atoms with E-state index in [9.17, 15) is 9.59 Å². The molecule has 2 heterocycles. The molecule has 0 saturated carbocycles. The lowest BCUT2D eigenvalue weighted by atomic mass is 9.99. The van der Waals surface area contributed by atoms with Crippen molar-refractivity contribution in [3.8, 4) is 0 Å². The third kappa shape index (κ3) is 4.15. The maximum absolute atomic E-state index is 13.1. The lowest BCUT2D eigenvalue weighted by Crippen LogP contribution is -2.41. The van der Waals surface area contributed by atoms with E-state index in [0.29, 0.717) is 6.42 Å². The first-order chi connectivity index (χ1) is 12.1. The summed E-state index contributed by atoms with van der Waals surface area (Å²) >= 11 is 1.45. The van der Waals surface area contributed by atoms with Crippen molar-refractivity contribution in [2.45, 2.75) is 52.0 Å². The van der Waals surface area contributed by atoms with Gasteiger partial charge in [0.05, 0.1) is 10.7 Å². The number of carbonyl (C=O) groups excluding carboxylic acids is 2. The molecule has 5 heteroatoms. The molecular weight excluding hydrogens is 332 g/mol. The van der Waals surface area contributed by atoms with Crippen LogP contribution >= 0.6 is 11.3 Å². The number of benzene rings is 1. The number of hydrogen-bond donors (Lipinski definition) is 0. The quantitative estimate of drug-likeness (QED) is 0.762. The van der Waals surface area contributed by atoms with Gasteiger partial charge >= 0.3 is 0 Å². The maximum Gasteiger partial charge on any atom is 0.266 e. The third-order valence-electron chi connectivity index (χ3n) is 4.75. The highest BCUT2D eigenvalue weighted by Gasteiger charge is 2.30. The summed E-state index contributed by atoms with van der Waals surface area (Å²) in [5.74, 6) is 0.151. The van der Waals surface area contributed by atoms with Crippen LogP contribution in [-0.2, 0) is 0 Å². The number of Topliss-reactive ketones (excluding diaryl/α,β-unsaturated/α-hetero) is 1. The Kier molecular flexibility index (Phi) is 5.63. The molecule has 1 fully saturated rings. The Balaban J connectivity index is 1.81. The number of aromatic nitrogens is 1. The molecule has 0 N–H and O–H groups in total. The van der Waals surface area contributed by atoms with Crippen molar-refractivity contribution >= 4 is 23.0 Å². The van der Waals surface area contributed by atoms with Gasteiger partial charge in [-0.3, -0.25) is 9.59 Å². The number of rotatable bonds is 4. The number of amides is 1. The molecule has 3 rings (SSSR count). The minimum Gasteiger partial charge on any atom is -0.334 e. The molecule has 25 heavy (non-hydrogen) atoms. The van der Waals surface area contributed by atoms with Crippen LogP contribution in [0.15, 0.2) is 30.3 Å². The summed E-state index contributed by atoms with van der Waals surface area (Å²) in [6.45, 7) is 4.54. The zero-order valence-electron chi connectivity index (χ0n) is 14.8. The normalized spacial score (nSPS) is 18.0. The monoisotopic (exact) mass is 356 g/mol. The first-order valence-corrected chi connectivity index (χ1v) is 9.71. The van der Waals surface area contributed by atoms with Crippen molar-refractivity contribution < 1.29 is 9.59 Å². The van der Waals surface area contributed by atoms with Gasteiger partial charge in [-0.25, -0.2) is 4.98 Å². The van der Waals surface area contributed by atoms with Gasteiger partial charge in [0.2, 0.25) is 0 Å². The predicted molar refractivity (Wildman–Crippen MR) is 100 cm³/mol. The molecule has 0 aliphatic carbocycles. The molecule has 0 radical (unpaired) electrons. The van der Waals surface area contributed by atoms with Gasteiger partial charge in [0, 0.05) is 24.6 Å². The van der Waals surface area contributed by atoms with E-state index in [4.69, 9.17) is 0 Å². The van der Waals surface area contributed by atoms with E-state index < -0.39 is 0 Å². The topological polar surface area (TPSA) is 50.3 Å². The molecule has 1 aromatic heterocycles. The molecule has 1 aliphatic heterocycles. The van der Waals surface area contributed by atoms with Gasteiger partial charge in [0.1, 0.15) is 4.88 Å². The molecule has 1 amide bonds. The molecule has 1 aliphatic rings. The fourth-order valence-corrected chi connectivity index (χ4v) is 4.35. The lowest BCUT2D eigenvalue weighted by molar-refractivity contribution is 0.0663. The summed E-state index contributed by atoms with van der Waals surface area (Å²) in [4.78, 5) is 32.8. The van der Waals surface area contributed by atoms with Crippen molar-refractivity contribution in [1.29, 1.82) is 0 Å². The van der Waals surface area contributed by atoms with Crippen LogP contribution in [0.1, 0.15) is 62.8 Å². The summed E-state index contributed by atoms with van der Waals surface area (Å²) in [6.07, 6.45) is 4.46. The molecule has 2 aromatic rings. The van der Waals surface area contributed by atoms with Crippen LogP contribution in [0.3, 0.4) is 0 Å². The van der Waals surface area contributed by atoms with Gasteiger partial charge in [0.25, 0.3) is 5.91 Å². The van der Waals surface area contributed by atoms with Crippen LogP contribution in [0.25, 0.3) is 0 Å². The number of aryl methyl sites for hydroxylation is 2. The largest absolute Gasteiger partial charge is 0.334 e. The Morgan fingerprint density at radius 1 is 1.16 bits per heavy atom. The first kappa shape index (κ1) is 17.8. The van der Waals surface area contributed by atoms with E-state index in [1.807, 2.05) is 49.1 Å². The Hall–Kier alpha value is -2.01. The Labute approximate surface area is 152 Å². The number of nitrogens with zero attached hydrogens (tertiary/aromatic N) is 2. The number of thiazole rings is 1. The lowest BCUT2D eigenvalue weighted by Gasteiger charge is -2.29. The highest BCUT2D eigenvalue weighted by Crippen LogP contribution is 2.26. The number of likely N-dealkylation sites (tertiary alicyclic amines) is 1. The number of ketones is 1. The standard InChI is InChI=1S/C20H24N2O2S/c1-14-19(25-15(2)21-14)20(24)22-12-8-4-7-11-17(22)13-18(23)16-9-5-3-6-10-16/h3,5-6,9-10,17H,4,7-8,11-13H2,1-2H3. The summed E-state index contributed by atoms with van der Waals surface area (Å²) in [5, 5.41) is 0.910. The van der Waals surface area contributed by atoms with Crippen molar-refractivity contribution in [2.75, 3.05) is 6.54 Å². The summed E-state index contributed by atoms with van der Waals surface area (Å²) in [6, 6.07) is 9.35. The van der Waals surface area contributed by atoms with Gasteiger partial charge in [-0.1, -0.05) is 43.2 Å². The highest BCUT2D eigenvalue weighted by atomic mass is 32.1. The Morgan fingerprint density at radius 2 is 1.92 bits per heavy atom. The molecule has 1 atom stereocenters. The smallest absolute Gasteiger partial charge is 0.266 e. The van der Waals surface area contributed by atoms with Crippen molar-refractivity contribution in [3.63, 3.8) is 0 Å². The van der Waals surface area contributed by atoms with E-state index >= 15 is 0 Å². The summed E-state index contributed by atoms with van der Waals surface area (Å²) in [7, 11) is 0. The molecule has 0 spiro atoms. The fourth-order valence-electron chi connectivity index (χ4n) is 3.47. The molecule has 0 bridgehead atoms. The van der Waals surface area contributed by atoms with E-state index in [0.717, 1.165) is 53.4 Å². The molecular formula is C20H24N2O2S. The van der Waals surface area contributed by atoms with Crippen LogP contribution in [0.4, 0.5) is 0 Å². The second-order valence-electron chi connectivity index (χ2n) is 6.64. The van der Waals surface area contributed by atoms with E-state index in [1.165, 1.54) is 11.3 Å². The maximum atomic E-state index is 13.1. The van der Waals surface area contributed by atoms with Crippen LogP contribution in [-0.4, -0.2) is 34.2 Å². The predicted octanol–water partition coefficient (Wildman–Crippen LogP) is 4.42. The average Bonchev–Trinajstić information content (AvgIpc) is 2.81. The first-order valence-electron chi connectivity index (χ1n) is 8.89. The number of hydrogen-bond acceptors (Lipinski definition) is 4. The van der Waals surface area contributed by atoms with Crippen molar-refractivity contribution in [3.05, 3.63) is 51.5 Å². The molecule has 1 aromatic carbocycles. The molecule has 1 unspecified atom stereocenters. The Bertz CT molecular complexity index is 754. The summed E-state index contributed by atoms with van der Waals surface area (Å²) in [5.41, 5.74) is 1.52. The minimum atomic E-state index is -0.0236. The van der Waals surface area contributed by atoms with Gasteiger partial charge < -0.3 is 4.90 Å². The third-order valence-corrected chi connectivity index (χ3v) is 5.81. The molecule has 132 valence electrons. The summed E-state index contributed by atoms with van der Waals surface area (Å²) < 4.78 is 0. The van der Waals surface area contributed by atoms with Crippen LogP contribution in [0.5, 0.6) is 0 Å². The van der Waals surface area contributed by atoms with E-state index in [2.05, 4.69) is 4.98 Å². The fraction of sp³-hybridized carbons (Fsp3) is 0.450. The average molecular weight is 356 g/mol. The zero-order chi connectivity index (χ0) is 17.8. The minimum absolute atomic E-state index is 0.0236. The van der Waals surface area contributed by atoms with Crippen LogP contribution in [0, 0.1) is 13.8 Å². The van der Waals surface area contributed by atoms with Gasteiger partial charge in [0.15, 0.2) is 5.78 Å². The SMILES string of the molecule is Cc1nc(C)c(C(=O)N2CCCCCC2CC(=O)c2ccccc2)s1. The number of carbonyl (C=O) groups is 2. The van der Waals surface area contributed by atoms with Gasteiger partial charge in [-0.05, 0) is 26.7 Å². The van der Waals surface area contributed by atoms with Gasteiger partial charge in [-0.2, -0.15) is 0 Å². The van der Waals surface area contributed by atoms with Gasteiger partial charge in [-0.15, -0.1) is 11.3 Å². The second kappa shape index (κ2) is 7.91. The van der Waals surface area contributed by atoms with Crippen LogP contribution < -0.4 is 0 Å².